The van der Waals surface area contributed by atoms with Crippen LogP contribution >= 0.6 is 0 Å². The van der Waals surface area contributed by atoms with Crippen LogP contribution in [-0.2, 0) is 25.5 Å². The van der Waals surface area contributed by atoms with E-state index < -0.39 is 15.4 Å². The Bertz CT molecular complexity index is 267. The molecule has 0 atom stereocenters. The maximum atomic E-state index is 6.32. The zero-order valence-corrected chi connectivity index (χ0v) is 15.8. The smallest absolute Gasteiger partial charge is 0.184 e. The Hall–Kier alpha value is 0.302. The molecule has 1 fully saturated rings. The van der Waals surface area contributed by atoms with Crippen LogP contribution in [0.5, 0.6) is 0 Å². The molecule has 0 aromatic carbocycles. The van der Waals surface area contributed by atoms with Crippen molar-refractivity contribution in [3.8, 4) is 0 Å². The fourth-order valence-electron chi connectivity index (χ4n) is 2.42. The Kier molecular flexibility index (Phi) is 8.12. The van der Waals surface area contributed by atoms with Crippen LogP contribution in [0, 0.1) is 6.58 Å². The Morgan fingerprint density at radius 1 is 1.18 bits per heavy atom. The van der Waals surface area contributed by atoms with Gasteiger partial charge in [0.25, 0.3) is 0 Å². The molecule has 1 rings (SSSR count). The molecule has 0 N–H and O–H groups in total. The van der Waals surface area contributed by atoms with Crippen LogP contribution in [0.3, 0.4) is 0 Å². The zero-order chi connectivity index (χ0) is 13.0. The SMILES string of the molecule is C=C[Si]1(C=C)CCC(C)(C)O[Si]1(C)C.[CH-]=C.[Pt]. The predicted molar refractivity (Wildman–Crippen MR) is 78.1 cm³/mol. The quantitative estimate of drug-likeness (QED) is 0.459. The van der Waals surface area contributed by atoms with Gasteiger partial charge in [-0.2, -0.15) is 0 Å². The third-order valence-corrected chi connectivity index (χ3v) is 18.4. The fraction of sp³-hybridized carbons (Fsp3) is 0.538. The average Bonchev–Trinajstić information content (AvgIpc) is 2.19. The molecule has 1 aliphatic heterocycles. The summed E-state index contributed by atoms with van der Waals surface area (Å²) in [6.07, 6.45) is 1.15. The predicted octanol–water partition coefficient (Wildman–Crippen LogP) is 3.97. The molecule has 0 unspecified atom stereocenters. The van der Waals surface area contributed by atoms with Crippen LogP contribution in [0.4, 0.5) is 0 Å². The Morgan fingerprint density at radius 2 is 1.59 bits per heavy atom. The summed E-state index contributed by atoms with van der Waals surface area (Å²) in [7, 11) is -3.11. The van der Waals surface area contributed by atoms with Crippen molar-refractivity contribution in [1.82, 2.24) is 0 Å². The minimum absolute atomic E-state index is 0. The van der Waals surface area contributed by atoms with Crippen LogP contribution in [0.15, 0.2) is 31.1 Å². The van der Waals surface area contributed by atoms with Crippen LogP contribution < -0.4 is 0 Å². The Labute approximate surface area is 123 Å². The molecule has 0 aromatic heterocycles. The maximum Gasteiger partial charge on any atom is 0.184 e. The van der Waals surface area contributed by atoms with Gasteiger partial charge >= 0.3 is 0 Å². The van der Waals surface area contributed by atoms with E-state index in [-0.39, 0.29) is 26.7 Å². The van der Waals surface area contributed by atoms with E-state index in [0.29, 0.717) is 0 Å². The van der Waals surface area contributed by atoms with E-state index in [9.17, 15) is 0 Å². The van der Waals surface area contributed by atoms with Crippen LogP contribution in [0.1, 0.15) is 20.3 Å². The standard InChI is InChI=1S/C11H22OSi2.C2H3.Pt/c1-7-14(8-2)10-9-11(3,4)12-13(14,5)6;1-2;/h7-8H,1-2,9-10H2,3-6H3;1H,2H2;/q;-1;. The normalized spacial score (nSPS) is 23.3. The third-order valence-electron chi connectivity index (χ3n) is 3.52. The van der Waals surface area contributed by atoms with E-state index >= 15 is 0 Å². The van der Waals surface area contributed by atoms with Crippen LogP contribution in [0.25, 0.3) is 0 Å². The Balaban J connectivity index is 0. The maximum absolute atomic E-state index is 6.32. The summed E-state index contributed by atoms with van der Waals surface area (Å²) in [5, 5.41) is 0. The first-order chi connectivity index (χ1) is 7.29. The molecule has 0 bridgehead atoms. The van der Waals surface area contributed by atoms with E-state index in [1.807, 2.05) is 0 Å². The summed E-state index contributed by atoms with van der Waals surface area (Å²) >= 11 is 0. The van der Waals surface area contributed by atoms with E-state index in [1.165, 1.54) is 6.04 Å². The molecular formula is C13H25OPtSi2-. The first kappa shape index (κ1) is 19.6. The molecule has 17 heavy (non-hydrogen) atoms. The van der Waals surface area contributed by atoms with Gasteiger partial charge in [-0.05, 0) is 39.4 Å². The van der Waals surface area contributed by atoms with Gasteiger partial charge in [0, 0.05) is 21.1 Å². The summed E-state index contributed by atoms with van der Waals surface area (Å²) in [5.41, 5.74) is 4.43. The molecule has 4 heteroatoms. The molecule has 0 radical (unpaired) electrons. The van der Waals surface area contributed by atoms with Crippen molar-refractivity contribution in [3.05, 3.63) is 37.7 Å². The van der Waals surface area contributed by atoms with Crippen molar-refractivity contribution in [2.75, 3.05) is 0 Å². The average molecular weight is 449 g/mol. The minimum atomic E-state index is -1.60. The van der Waals surface area contributed by atoms with E-state index in [0.717, 1.165) is 6.42 Å². The van der Waals surface area contributed by atoms with Crippen molar-refractivity contribution in [2.45, 2.75) is 45.0 Å². The Morgan fingerprint density at radius 3 is 1.88 bits per heavy atom. The van der Waals surface area contributed by atoms with Crippen molar-refractivity contribution in [2.24, 2.45) is 0 Å². The van der Waals surface area contributed by atoms with Gasteiger partial charge in [-0.1, -0.05) is 11.4 Å². The molecule has 1 aliphatic rings. The molecule has 0 aromatic rings. The van der Waals surface area contributed by atoms with Gasteiger partial charge in [0.05, 0.1) is 5.60 Å². The minimum Gasteiger partial charge on any atom is -0.521 e. The monoisotopic (exact) mass is 448 g/mol. The summed E-state index contributed by atoms with van der Waals surface area (Å²) in [6.45, 7) is 24.1. The van der Waals surface area contributed by atoms with E-state index in [1.54, 1.807) is 0 Å². The largest absolute Gasteiger partial charge is 0.521 e. The molecule has 102 valence electrons. The fourth-order valence-corrected chi connectivity index (χ4v) is 13.8. The van der Waals surface area contributed by atoms with Gasteiger partial charge in [-0.25, -0.2) is 0 Å². The molecule has 1 saturated heterocycles. The van der Waals surface area contributed by atoms with Crippen molar-refractivity contribution < 1.29 is 25.5 Å². The van der Waals surface area contributed by atoms with Gasteiger partial charge in [0.2, 0.25) is 0 Å². The van der Waals surface area contributed by atoms with Gasteiger partial charge in [-0.15, -0.1) is 13.2 Å². The molecule has 0 amide bonds. The molecular weight excluding hydrogens is 423 g/mol. The molecule has 0 spiro atoms. The molecule has 0 saturated carbocycles. The van der Waals surface area contributed by atoms with E-state index in [2.05, 4.69) is 64.7 Å². The van der Waals surface area contributed by atoms with E-state index in [4.69, 9.17) is 4.43 Å². The third kappa shape index (κ3) is 4.16. The second-order valence-corrected chi connectivity index (χ2v) is 18.3. The van der Waals surface area contributed by atoms with Crippen molar-refractivity contribution in [3.63, 3.8) is 0 Å². The van der Waals surface area contributed by atoms with Gasteiger partial charge in [0.1, 0.15) is 7.59 Å². The second-order valence-electron chi connectivity index (χ2n) is 5.32. The zero-order valence-electron chi connectivity index (χ0n) is 11.5. The second kappa shape index (κ2) is 7.03. The summed E-state index contributed by atoms with van der Waals surface area (Å²) in [6, 6.07) is 1.27. The topological polar surface area (TPSA) is 9.23 Å². The van der Waals surface area contributed by atoms with Crippen LogP contribution in [-0.4, -0.2) is 21.0 Å². The first-order valence-electron chi connectivity index (χ1n) is 5.67. The number of hydrogen-bond donors (Lipinski definition) is 0. The summed E-state index contributed by atoms with van der Waals surface area (Å²) in [4.78, 5) is 0. The van der Waals surface area contributed by atoms with Crippen molar-refractivity contribution >= 4 is 15.4 Å². The summed E-state index contributed by atoms with van der Waals surface area (Å²) < 4.78 is 6.32. The van der Waals surface area contributed by atoms with Gasteiger partial charge < -0.3 is 11.0 Å². The first-order valence-corrected chi connectivity index (χ1v) is 11.9. The van der Waals surface area contributed by atoms with Crippen molar-refractivity contribution in [1.29, 1.82) is 0 Å². The molecule has 1 heterocycles. The van der Waals surface area contributed by atoms with Gasteiger partial charge in [0.15, 0.2) is 7.83 Å². The molecule has 1 nitrogen and oxygen atoms in total. The number of rotatable bonds is 2. The molecule has 0 aliphatic carbocycles. The van der Waals surface area contributed by atoms with Gasteiger partial charge in [-0.3, -0.25) is 6.58 Å². The van der Waals surface area contributed by atoms with Crippen LogP contribution in [0.2, 0.25) is 19.1 Å². The summed E-state index contributed by atoms with van der Waals surface area (Å²) in [5.74, 6) is 0. The number of hydrogen-bond acceptors (Lipinski definition) is 1.